The first-order valence-corrected chi connectivity index (χ1v) is 9.35. The first-order chi connectivity index (χ1) is 13.5. The van der Waals surface area contributed by atoms with Crippen LogP contribution in [-0.4, -0.2) is 16.8 Å². The summed E-state index contributed by atoms with van der Waals surface area (Å²) < 4.78 is 19.2. The lowest BCUT2D eigenvalue weighted by Gasteiger charge is -2.07. The number of hydrogen-bond acceptors (Lipinski definition) is 5. The number of hydrogen-bond donors (Lipinski definition) is 2. The van der Waals surface area contributed by atoms with Gasteiger partial charge in [-0.3, -0.25) is 20.4 Å². The van der Waals surface area contributed by atoms with Crippen LogP contribution in [0.25, 0.3) is 0 Å². The van der Waals surface area contributed by atoms with Gasteiger partial charge in [0.25, 0.3) is 5.91 Å². The zero-order valence-corrected chi connectivity index (χ0v) is 15.9. The summed E-state index contributed by atoms with van der Waals surface area (Å²) in [5.41, 5.74) is 6.01. The molecular weight excluding hydrogens is 381 g/mol. The van der Waals surface area contributed by atoms with Crippen LogP contribution in [0.15, 0.2) is 53.9 Å². The summed E-state index contributed by atoms with van der Waals surface area (Å²) in [4.78, 5) is 28.2. The molecule has 0 fully saturated rings. The van der Waals surface area contributed by atoms with Gasteiger partial charge in [-0.25, -0.2) is 9.37 Å². The highest BCUT2D eigenvalue weighted by Crippen LogP contribution is 2.16. The van der Waals surface area contributed by atoms with Gasteiger partial charge < -0.3 is 4.74 Å². The van der Waals surface area contributed by atoms with E-state index in [2.05, 4.69) is 15.8 Å². The van der Waals surface area contributed by atoms with Crippen LogP contribution in [0.5, 0.6) is 5.75 Å². The van der Waals surface area contributed by atoms with Crippen molar-refractivity contribution in [2.45, 2.75) is 20.0 Å². The Morgan fingerprint density at radius 2 is 1.86 bits per heavy atom. The average molecular weight is 399 g/mol. The molecule has 0 bridgehead atoms. The maximum Gasteiger partial charge on any atom is 0.272 e. The van der Waals surface area contributed by atoms with Crippen molar-refractivity contribution < 1.29 is 18.7 Å². The first-order valence-electron chi connectivity index (χ1n) is 8.48. The van der Waals surface area contributed by atoms with Gasteiger partial charge in [0, 0.05) is 5.38 Å². The van der Waals surface area contributed by atoms with Crippen LogP contribution in [0.1, 0.15) is 26.6 Å². The van der Waals surface area contributed by atoms with Crippen LogP contribution in [-0.2, 0) is 17.8 Å². The molecule has 0 radical (unpaired) electrons. The molecule has 6 nitrogen and oxygen atoms in total. The smallest absolute Gasteiger partial charge is 0.272 e. The maximum absolute atomic E-state index is 13.5. The number of hydrazine groups is 1. The minimum Gasteiger partial charge on any atom is -0.486 e. The van der Waals surface area contributed by atoms with Gasteiger partial charge in [-0.05, 0) is 31.2 Å². The molecule has 1 aromatic heterocycles. The number of nitrogens with one attached hydrogen (secondary N) is 2. The standard InChI is InChI=1S/C20H18FN3O3S/c1-13-6-8-15(9-7-13)27-11-19-22-14(12-28-19)10-18(25)23-24-20(26)16-4-2-3-5-17(16)21/h2-9,12H,10-11H2,1H3,(H,23,25)(H,24,26). The lowest BCUT2D eigenvalue weighted by atomic mass is 10.2. The molecular formula is C20H18FN3O3S. The van der Waals surface area contributed by atoms with Gasteiger partial charge in [0.15, 0.2) is 0 Å². The number of rotatable bonds is 6. The normalized spacial score (nSPS) is 10.4. The van der Waals surface area contributed by atoms with Crippen molar-refractivity contribution in [1.82, 2.24) is 15.8 Å². The molecule has 2 aromatic carbocycles. The fraction of sp³-hybridized carbons (Fsp3) is 0.150. The summed E-state index contributed by atoms with van der Waals surface area (Å²) in [7, 11) is 0. The van der Waals surface area contributed by atoms with Crippen molar-refractivity contribution in [1.29, 1.82) is 0 Å². The third kappa shape index (κ3) is 5.37. The molecule has 3 aromatic rings. The summed E-state index contributed by atoms with van der Waals surface area (Å²) in [5.74, 6) is -1.10. The Kier molecular flexibility index (Phi) is 6.33. The summed E-state index contributed by atoms with van der Waals surface area (Å²) in [5, 5.41) is 2.49. The lowest BCUT2D eigenvalue weighted by Crippen LogP contribution is -2.42. The van der Waals surface area contributed by atoms with Crippen LogP contribution < -0.4 is 15.6 Å². The Hall–Kier alpha value is -3.26. The van der Waals surface area contributed by atoms with Crippen LogP contribution >= 0.6 is 11.3 Å². The molecule has 0 aliphatic heterocycles. The summed E-state index contributed by atoms with van der Waals surface area (Å²) in [6.07, 6.45) is -0.0153. The molecule has 3 rings (SSSR count). The molecule has 0 aliphatic rings. The fourth-order valence-corrected chi connectivity index (χ4v) is 3.03. The number of amides is 2. The van der Waals surface area contributed by atoms with E-state index in [1.54, 1.807) is 5.38 Å². The molecule has 1 heterocycles. The van der Waals surface area contributed by atoms with E-state index in [-0.39, 0.29) is 12.0 Å². The van der Waals surface area contributed by atoms with Gasteiger partial charge in [-0.15, -0.1) is 11.3 Å². The lowest BCUT2D eigenvalue weighted by molar-refractivity contribution is -0.121. The maximum atomic E-state index is 13.5. The third-order valence-electron chi connectivity index (χ3n) is 3.76. The SMILES string of the molecule is Cc1ccc(OCc2nc(CC(=O)NNC(=O)c3ccccc3F)cs2)cc1. The third-order valence-corrected chi connectivity index (χ3v) is 4.63. The predicted molar refractivity (Wildman–Crippen MR) is 103 cm³/mol. The van der Waals surface area contributed by atoms with Crippen molar-refractivity contribution in [3.8, 4) is 5.75 Å². The van der Waals surface area contributed by atoms with E-state index in [4.69, 9.17) is 4.74 Å². The molecule has 0 unspecified atom stereocenters. The summed E-state index contributed by atoms with van der Waals surface area (Å²) in [6, 6.07) is 13.2. The van der Waals surface area contributed by atoms with Gasteiger partial charge in [-0.2, -0.15) is 0 Å². The number of aromatic nitrogens is 1. The highest BCUT2D eigenvalue weighted by molar-refractivity contribution is 7.09. The monoisotopic (exact) mass is 399 g/mol. The predicted octanol–water partition coefficient (Wildman–Crippen LogP) is 3.17. The molecule has 2 N–H and O–H groups in total. The molecule has 28 heavy (non-hydrogen) atoms. The second kappa shape index (κ2) is 9.09. The summed E-state index contributed by atoms with van der Waals surface area (Å²) >= 11 is 1.38. The van der Waals surface area contributed by atoms with Crippen molar-refractivity contribution >= 4 is 23.2 Å². The van der Waals surface area contributed by atoms with E-state index >= 15 is 0 Å². The Labute approximate surface area is 165 Å². The number of aryl methyl sites for hydroxylation is 1. The number of carbonyl (C=O) groups excluding carboxylic acids is 2. The summed E-state index contributed by atoms with van der Waals surface area (Å²) in [6.45, 7) is 2.31. The topological polar surface area (TPSA) is 80.3 Å². The molecule has 2 amide bonds. The van der Waals surface area contributed by atoms with Gasteiger partial charge in [0.2, 0.25) is 5.91 Å². The largest absolute Gasteiger partial charge is 0.486 e. The molecule has 144 valence electrons. The van der Waals surface area contributed by atoms with E-state index in [1.807, 2.05) is 31.2 Å². The molecule has 0 atom stereocenters. The number of benzene rings is 2. The quantitative estimate of drug-likeness (QED) is 0.624. The average Bonchev–Trinajstić information content (AvgIpc) is 3.13. The van der Waals surface area contributed by atoms with E-state index in [9.17, 15) is 14.0 Å². The van der Waals surface area contributed by atoms with Crippen LogP contribution in [0.2, 0.25) is 0 Å². The van der Waals surface area contributed by atoms with Crippen molar-refractivity contribution in [3.63, 3.8) is 0 Å². The molecule has 8 heteroatoms. The number of halogens is 1. The number of thiazole rings is 1. The zero-order chi connectivity index (χ0) is 19.9. The van der Waals surface area contributed by atoms with Gasteiger partial charge >= 0.3 is 0 Å². The molecule has 0 aliphatic carbocycles. The zero-order valence-electron chi connectivity index (χ0n) is 15.1. The van der Waals surface area contributed by atoms with Gasteiger partial charge in [-0.1, -0.05) is 29.8 Å². The second-order valence-electron chi connectivity index (χ2n) is 5.99. The fourth-order valence-electron chi connectivity index (χ4n) is 2.32. The van der Waals surface area contributed by atoms with Crippen LogP contribution in [0, 0.1) is 12.7 Å². The number of nitrogens with zero attached hydrogens (tertiary/aromatic N) is 1. The number of carbonyl (C=O) groups is 2. The van der Waals surface area contributed by atoms with E-state index < -0.39 is 17.6 Å². The van der Waals surface area contributed by atoms with Crippen molar-refractivity contribution in [3.05, 3.63) is 81.6 Å². The Balaban J connectivity index is 1.46. The van der Waals surface area contributed by atoms with Gasteiger partial charge in [0.05, 0.1) is 17.7 Å². The minimum absolute atomic E-state index is 0.0153. The van der Waals surface area contributed by atoms with E-state index in [1.165, 1.54) is 35.6 Å². The van der Waals surface area contributed by atoms with E-state index in [0.717, 1.165) is 16.3 Å². The first kappa shape index (κ1) is 19.5. The Morgan fingerprint density at radius 3 is 2.61 bits per heavy atom. The number of ether oxygens (including phenoxy) is 1. The van der Waals surface area contributed by atoms with E-state index in [0.29, 0.717) is 12.3 Å². The Bertz CT molecular complexity index is 973. The molecule has 0 saturated heterocycles. The minimum atomic E-state index is -0.725. The molecule has 0 spiro atoms. The highest BCUT2D eigenvalue weighted by Gasteiger charge is 2.13. The molecule has 0 saturated carbocycles. The van der Waals surface area contributed by atoms with Gasteiger partial charge in [0.1, 0.15) is 23.2 Å². The highest BCUT2D eigenvalue weighted by atomic mass is 32.1. The Morgan fingerprint density at radius 1 is 1.11 bits per heavy atom. The van der Waals surface area contributed by atoms with Crippen molar-refractivity contribution in [2.75, 3.05) is 0 Å². The van der Waals surface area contributed by atoms with Crippen molar-refractivity contribution in [2.24, 2.45) is 0 Å². The van der Waals surface area contributed by atoms with Crippen LogP contribution in [0.3, 0.4) is 0 Å². The second-order valence-corrected chi connectivity index (χ2v) is 6.94. The van der Waals surface area contributed by atoms with Crippen LogP contribution in [0.4, 0.5) is 4.39 Å².